The van der Waals surface area contributed by atoms with E-state index in [1.54, 1.807) is 0 Å². The van der Waals surface area contributed by atoms with Crippen LogP contribution >= 0.6 is 23.2 Å². The summed E-state index contributed by atoms with van der Waals surface area (Å²) in [5.41, 5.74) is 2.10. The standard InChI is InChI=1S/C17H18Cl2OS/c1-12(2)13-8-10-15(11-9-13)21(20)17(19)16(18)14-6-4-3-5-7-14/h3-12,16-17H,1-2H3/t16-,17+,21?/m1/s1. The number of alkyl halides is 2. The topological polar surface area (TPSA) is 17.1 Å². The Balaban J connectivity index is 2.15. The largest absolute Gasteiger partial charge is 0.253 e. The molecule has 0 aliphatic rings. The van der Waals surface area contributed by atoms with Crippen molar-refractivity contribution in [1.29, 1.82) is 0 Å². The maximum Gasteiger partial charge on any atom is 0.134 e. The molecule has 0 aliphatic carbocycles. The monoisotopic (exact) mass is 340 g/mol. The van der Waals surface area contributed by atoms with Crippen molar-refractivity contribution in [3.63, 3.8) is 0 Å². The molecule has 112 valence electrons. The lowest BCUT2D eigenvalue weighted by Crippen LogP contribution is -2.14. The minimum Gasteiger partial charge on any atom is -0.253 e. The van der Waals surface area contributed by atoms with E-state index >= 15 is 0 Å². The van der Waals surface area contributed by atoms with Crippen LogP contribution in [0.25, 0.3) is 0 Å². The first kappa shape index (κ1) is 16.5. The Bertz CT molecular complexity index is 596. The third-order valence-corrected chi connectivity index (χ3v) is 6.27. The van der Waals surface area contributed by atoms with E-state index in [2.05, 4.69) is 13.8 Å². The minimum atomic E-state index is -1.35. The van der Waals surface area contributed by atoms with E-state index in [4.69, 9.17) is 23.2 Å². The molecule has 21 heavy (non-hydrogen) atoms. The van der Waals surface area contributed by atoms with E-state index in [1.807, 2.05) is 54.6 Å². The average Bonchev–Trinajstić information content (AvgIpc) is 2.53. The van der Waals surface area contributed by atoms with Gasteiger partial charge in [0.05, 0.1) is 16.2 Å². The highest BCUT2D eigenvalue weighted by Gasteiger charge is 2.25. The molecule has 0 fully saturated rings. The van der Waals surface area contributed by atoms with Crippen LogP contribution in [0.1, 0.15) is 36.3 Å². The van der Waals surface area contributed by atoms with E-state index < -0.39 is 20.9 Å². The van der Waals surface area contributed by atoms with Crippen LogP contribution in [0.5, 0.6) is 0 Å². The Morgan fingerprint density at radius 1 is 0.857 bits per heavy atom. The van der Waals surface area contributed by atoms with Crippen molar-refractivity contribution in [1.82, 2.24) is 0 Å². The molecule has 3 atom stereocenters. The van der Waals surface area contributed by atoms with Crippen molar-refractivity contribution in [2.75, 3.05) is 0 Å². The van der Waals surface area contributed by atoms with Gasteiger partial charge in [-0.2, -0.15) is 0 Å². The lowest BCUT2D eigenvalue weighted by Gasteiger charge is -2.16. The summed E-state index contributed by atoms with van der Waals surface area (Å²) >= 11 is 12.7. The Morgan fingerprint density at radius 2 is 1.43 bits per heavy atom. The zero-order valence-corrected chi connectivity index (χ0v) is 14.3. The molecule has 2 rings (SSSR count). The zero-order valence-electron chi connectivity index (χ0n) is 12.0. The molecular weight excluding hydrogens is 323 g/mol. The molecule has 4 heteroatoms. The molecule has 0 amide bonds. The van der Waals surface area contributed by atoms with Crippen molar-refractivity contribution in [2.45, 2.75) is 34.7 Å². The fourth-order valence-corrected chi connectivity index (χ4v) is 3.93. The molecular formula is C17H18Cl2OS. The molecule has 0 saturated heterocycles. The Morgan fingerprint density at radius 3 is 1.95 bits per heavy atom. The Kier molecular flexibility index (Phi) is 5.86. The summed E-state index contributed by atoms with van der Waals surface area (Å²) in [5, 5.41) is -0.488. The van der Waals surface area contributed by atoms with Crippen molar-refractivity contribution < 1.29 is 4.21 Å². The van der Waals surface area contributed by atoms with Crippen LogP contribution < -0.4 is 0 Å². The molecule has 2 aromatic carbocycles. The summed E-state index contributed by atoms with van der Waals surface area (Å²) in [6.07, 6.45) is 0. The number of rotatable bonds is 5. The van der Waals surface area contributed by atoms with Crippen LogP contribution in [-0.2, 0) is 10.8 Å². The smallest absolute Gasteiger partial charge is 0.134 e. The highest BCUT2D eigenvalue weighted by Crippen LogP contribution is 2.32. The first-order valence-electron chi connectivity index (χ1n) is 6.84. The number of benzene rings is 2. The molecule has 0 N–H and O–H groups in total. The predicted molar refractivity (Wildman–Crippen MR) is 91.6 cm³/mol. The van der Waals surface area contributed by atoms with Crippen molar-refractivity contribution >= 4 is 34.0 Å². The van der Waals surface area contributed by atoms with Crippen LogP contribution in [0.15, 0.2) is 59.5 Å². The van der Waals surface area contributed by atoms with Gasteiger partial charge in [-0.25, -0.2) is 0 Å². The molecule has 0 saturated carbocycles. The molecule has 0 spiro atoms. The SMILES string of the molecule is CC(C)c1ccc(S(=O)[C@H](Cl)[C@H](Cl)c2ccccc2)cc1. The normalized spacial score (nSPS) is 15.7. The third kappa shape index (κ3) is 4.09. The molecule has 0 heterocycles. The van der Waals surface area contributed by atoms with Gasteiger partial charge >= 0.3 is 0 Å². The minimum absolute atomic E-state index is 0.448. The second-order valence-corrected chi connectivity index (χ2v) is 7.96. The lowest BCUT2D eigenvalue weighted by molar-refractivity contribution is 0.679. The Labute approximate surface area is 138 Å². The van der Waals surface area contributed by atoms with Gasteiger partial charge < -0.3 is 0 Å². The van der Waals surface area contributed by atoms with Crippen LogP contribution in [0, 0.1) is 0 Å². The molecule has 0 aliphatic heterocycles. The van der Waals surface area contributed by atoms with Crippen molar-refractivity contribution in [2.24, 2.45) is 0 Å². The first-order valence-corrected chi connectivity index (χ1v) is 8.93. The van der Waals surface area contributed by atoms with Crippen LogP contribution in [-0.4, -0.2) is 8.92 Å². The van der Waals surface area contributed by atoms with Gasteiger partial charge in [0.2, 0.25) is 0 Å². The highest BCUT2D eigenvalue weighted by atomic mass is 35.5. The zero-order chi connectivity index (χ0) is 15.4. The molecule has 2 aromatic rings. The van der Waals surface area contributed by atoms with E-state index in [0.717, 1.165) is 5.56 Å². The molecule has 0 aromatic heterocycles. The van der Waals surface area contributed by atoms with Gasteiger partial charge in [-0.3, -0.25) is 4.21 Å². The van der Waals surface area contributed by atoms with Crippen molar-refractivity contribution in [3.8, 4) is 0 Å². The fraction of sp³-hybridized carbons (Fsp3) is 0.294. The highest BCUT2D eigenvalue weighted by molar-refractivity contribution is 7.87. The average molecular weight is 341 g/mol. The van der Waals surface area contributed by atoms with Gasteiger partial charge in [-0.05, 0) is 29.2 Å². The summed E-state index contributed by atoms with van der Waals surface area (Å²) in [5.74, 6) is 0.448. The fourth-order valence-electron chi connectivity index (χ4n) is 2.01. The Hall–Kier alpha value is -0.830. The quantitative estimate of drug-likeness (QED) is 0.660. The molecule has 1 unspecified atom stereocenters. The summed E-state index contributed by atoms with van der Waals surface area (Å²) in [6.45, 7) is 4.25. The van der Waals surface area contributed by atoms with E-state index in [1.165, 1.54) is 5.56 Å². The van der Waals surface area contributed by atoms with Crippen LogP contribution in [0.3, 0.4) is 0 Å². The second kappa shape index (κ2) is 7.44. The number of hydrogen-bond acceptors (Lipinski definition) is 1. The summed E-state index contributed by atoms with van der Waals surface area (Å²) < 4.78 is 11.9. The predicted octanol–water partition coefficient (Wildman–Crippen LogP) is 5.46. The summed E-state index contributed by atoms with van der Waals surface area (Å²) in [4.78, 5) is 0.709. The van der Waals surface area contributed by atoms with Gasteiger partial charge in [0, 0.05) is 4.90 Å². The third-order valence-electron chi connectivity index (χ3n) is 3.33. The van der Waals surface area contributed by atoms with E-state index in [0.29, 0.717) is 10.8 Å². The number of halogens is 2. The molecule has 0 radical (unpaired) electrons. The summed E-state index contributed by atoms with van der Waals surface area (Å²) in [7, 11) is -1.35. The second-order valence-electron chi connectivity index (χ2n) is 5.18. The van der Waals surface area contributed by atoms with Crippen LogP contribution in [0.2, 0.25) is 0 Å². The van der Waals surface area contributed by atoms with Crippen LogP contribution in [0.4, 0.5) is 0 Å². The summed E-state index contributed by atoms with van der Waals surface area (Å²) in [6, 6.07) is 17.2. The van der Waals surface area contributed by atoms with Gasteiger partial charge in [0.15, 0.2) is 0 Å². The maximum absolute atomic E-state index is 12.5. The molecule has 1 nitrogen and oxygen atoms in total. The van der Waals surface area contributed by atoms with E-state index in [-0.39, 0.29) is 0 Å². The lowest BCUT2D eigenvalue weighted by atomic mass is 10.0. The van der Waals surface area contributed by atoms with Gasteiger partial charge in [-0.1, -0.05) is 56.3 Å². The first-order chi connectivity index (χ1) is 10.0. The van der Waals surface area contributed by atoms with Gasteiger partial charge in [-0.15, -0.1) is 23.2 Å². The van der Waals surface area contributed by atoms with Gasteiger partial charge in [0.25, 0.3) is 0 Å². The van der Waals surface area contributed by atoms with E-state index in [9.17, 15) is 4.21 Å². The number of hydrogen-bond donors (Lipinski definition) is 0. The molecule has 0 bridgehead atoms. The van der Waals surface area contributed by atoms with Crippen molar-refractivity contribution in [3.05, 3.63) is 65.7 Å². The maximum atomic E-state index is 12.5. The van der Waals surface area contributed by atoms with Gasteiger partial charge in [0.1, 0.15) is 4.71 Å².